The maximum atomic E-state index is 8.27. The highest BCUT2D eigenvalue weighted by Crippen LogP contribution is 2.39. The van der Waals surface area contributed by atoms with Crippen molar-refractivity contribution in [1.29, 1.82) is 10.8 Å². The highest BCUT2D eigenvalue weighted by Gasteiger charge is 2.25. The van der Waals surface area contributed by atoms with Crippen LogP contribution in [0.25, 0.3) is 22.2 Å². The lowest BCUT2D eigenvalue weighted by Crippen LogP contribution is -2.26. The molecule has 31 heavy (non-hydrogen) atoms. The molecule has 1 fully saturated rings. The van der Waals surface area contributed by atoms with Gasteiger partial charge in [-0.3, -0.25) is 25.4 Å². The summed E-state index contributed by atoms with van der Waals surface area (Å²) in [6.45, 7) is 0. The Balaban J connectivity index is 1.57. The molecule has 0 aliphatic heterocycles. The van der Waals surface area contributed by atoms with Crippen LogP contribution in [-0.2, 0) is 0 Å². The number of rotatable bonds is 5. The van der Waals surface area contributed by atoms with Gasteiger partial charge >= 0.3 is 0 Å². The quantitative estimate of drug-likeness (QED) is 0.354. The first kappa shape index (κ1) is 19.4. The van der Waals surface area contributed by atoms with Gasteiger partial charge in [-0.1, -0.05) is 23.7 Å². The number of anilines is 2. The lowest BCUT2D eigenvalue weighted by atomic mass is 10.1. The molecular weight excluding hydrogens is 410 g/mol. The van der Waals surface area contributed by atoms with E-state index in [-0.39, 0.29) is 5.62 Å². The molecule has 1 aliphatic rings. The van der Waals surface area contributed by atoms with Crippen LogP contribution < -0.4 is 10.5 Å². The molecule has 4 aromatic rings. The van der Waals surface area contributed by atoms with Crippen molar-refractivity contribution >= 4 is 40.3 Å². The van der Waals surface area contributed by atoms with E-state index in [1.807, 2.05) is 54.7 Å². The first-order chi connectivity index (χ1) is 15.0. The maximum absolute atomic E-state index is 8.27. The summed E-state index contributed by atoms with van der Waals surface area (Å²) in [6.07, 6.45) is 7.19. The van der Waals surface area contributed by atoms with E-state index in [1.54, 1.807) is 12.1 Å². The Morgan fingerprint density at radius 2 is 1.97 bits per heavy atom. The predicted molar refractivity (Wildman–Crippen MR) is 122 cm³/mol. The first-order valence-electron chi connectivity index (χ1n) is 9.98. The van der Waals surface area contributed by atoms with Crippen molar-refractivity contribution in [2.45, 2.75) is 18.8 Å². The van der Waals surface area contributed by atoms with Crippen LogP contribution in [0.4, 0.5) is 11.5 Å². The molecule has 7 nitrogen and oxygen atoms in total. The summed E-state index contributed by atoms with van der Waals surface area (Å²) in [5.74, 6) is 1.19. The second kappa shape index (κ2) is 7.59. The third-order valence-electron chi connectivity index (χ3n) is 5.54. The smallest absolute Gasteiger partial charge is 0.229 e. The van der Waals surface area contributed by atoms with Gasteiger partial charge in [0.1, 0.15) is 5.82 Å². The molecule has 5 rings (SSSR count). The summed E-state index contributed by atoms with van der Waals surface area (Å²) in [4.78, 5) is 15.6. The van der Waals surface area contributed by atoms with Gasteiger partial charge in [0, 0.05) is 40.8 Å². The van der Waals surface area contributed by atoms with E-state index in [2.05, 4.69) is 15.0 Å². The molecule has 0 bridgehead atoms. The Kier molecular flexibility index (Phi) is 4.75. The highest BCUT2D eigenvalue weighted by molar-refractivity contribution is 6.31. The summed E-state index contributed by atoms with van der Waals surface area (Å²) in [5.41, 5.74) is 4.37. The topological polar surface area (TPSA) is 94.5 Å². The van der Waals surface area contributed by atoms with Crippen LogP contribution in [0.2, 0.25) is 5.02 Å². The molecule has 2 N–H and O–H groups in total. The van der Waals surface area contributed by atoms with Crippen LogP contribution in [0.5, 0.6) is 0 Å². The fourth-order valence-corrected chi connectivity index (χ4v) is 3.85. The molecule has 1 saturated carbocycles. The summed E-state index contributed by atoms with van der Waals surface area (Å²) in [6, 6.07) is 13.4. The lowest BCUT2D eigenvalue weighted by molar-refractivity contribution is 0.915. The molecule has 2 aromatic carbocycles. The average Bonchev–Trinajstić information content (AvgIpc) is 3.64. The molecule has 154 valence electrons. The number of benzene rings is 2. The van der Waals surface area contributed by atoms with Crippen LogP contribution in [0.3, 0.4) is 0 Å². The second-order valence-electron chi connectivity index (χ2n) is 7.63. The van der Waals surface area contributed by atoms with Crippen molar-refractivity contribution in [2.75, 3.05) is 11.9 Å². The molecule has 2 aromatic heterocycles. The van der Waals surface area contributed by atoms with Crippen LogP contribution in [-0.4, -0.2) is 32.9 Å². The molecular formula is C23H20ClN7. The van der Waals surface area contributed by atoms with E-state index in [4.69, 9.17) is 22.4 Å². The standard InChI is InChI=1S/C23H20ClN7/c1-30(22-18-8-7-16(24)10-21(18)31(13-25)23(26)29-22)17-4-2-3-15(9-17)20-12-27-19(11-28-20)14-5-6-14/h2-4,7-14,25-26H,5-6H2,1H3. The van der Waals surface area contributed by atoms with Crippen LogP contribution in [0.15, 0.2) is 54.9 Å². The normalized spacial score (nSPS) is 13.4. The van der Waals surface area contributed by atoms with E-state index >= 15 is 0 Å². The molecule has 1 aliphatic carbocycles. The van der Waals surface area contributed by atoms with Crippen molar-refractivity contribution in [3.63, 3.8) is 0 Å². The Labute approximate surface area is 184 Å². The van der Waals surface area contributed by atoms with Crippen LogP contribution in [0, 0.1) is 10.8 Å². The molecule has 8 heteroatoms. The van der Waals surface area contributed by atoms with Crippen molar-refractivity contribution in [3.05, 3.63) is 71.2 Å². The molecule has 0 amide bonds. The summed E-state index contributed by atoms with van der Waals surface area (Å²) in [5, 5.41) is 17.3. The SMILES string of the molecule is CN(c1cccc(-c2cnc(C3CC3)cn2)c1)c1nc(=N)n(C=N)c2cc(Cl)ccc12. The predicted octanol–water partition coefficient (Wildman–Crippen LogP) is 4.73. The summed E-state index contributed by atoms with van der Waals surface area (Å²) in [7, 11) is 1.91. The number of halogens is 1. The number of hydrogen-bond acceptors (Lipinski definition) is 6. The number of hydrogen-bond donors (Lipinski definition) is 2. The minimum Gasteiger partial charge on any atom is -0.329 e. The number of nitrogens with one attached hydrogen (secondary N) is 2. The molecule has 0 radical (unpaired) electrons. The summed E-state index contributed by atoms with van der Waals surface area (Å²) >= 11 is 6.18. The van der Waals surface area contributed by atoms with Gasteiger partial charge in [0.25, 0.3) is 0 Å². The summed E-state index contributed by atoms with van der Waals surface area (Å²) < 4.78 is 1.39. The van der Waals surface area contributed by atoms with Gasteiger partial charge in [0.2, 0.25) is 5.62 Å². The van der Waals surface area contributed by atoms with E-state index < -0.39 is 0 Å². The molecule has 0 atom stereocenters. The van der Waals surface area contributed by atoms with Crippen LogP contribution >= 0.6 is 11.6 Å². The Bertz CT molecular complexity index is 1360. The molecule has 0 unspecified atom stereocenters. The minimum atomic E-state index is -0.0377. The third kappa shape index (κ3) is 3.57. The van der Waals surface area contributed by atoms with E-state index in [0.717, 1.165) is 34.4 Å². The van der Waals surface area contributed by atoms with Crippen molar-refractivity contribution in [1.82, 2.24) is 19.5 Å². The average molecular weight is 430 g/mol. The molecule has 0 saturated heterocycles. The van der Waals surface area contributed by atoms with E-state index in [9.17, 15) is 0 Å². The fraction of sp³-hybridized carbons (Fsp3) is 0.174. The van der Waals surface area contributed by atoms with Crippen LogP contribution in [0.1, 0.15) is 24.5 Å². The lowest BCUT2D eigenvalue weighted by Gasteiger charge is -2.22. The Morgan fingerprint density at radius 3 is 2.68 bits per heavy atom. The van der Waals surface area contributed by atoms with Gasteiger partial charge in [0.15, 0.2) is 0 Å². The van der Waals surface area contributed by atoms with Gasteiger partial charge in [-0.15, -0.1) is 0 Å². The zero-order chi connectivity index (χ0) is 21.5. The van der Waals surface area contributed by atoms with Gasteiger partial charge < -0.3 is 4.90 Å². The van der Waals surface area contributed by atoms with Crippen molar-refractivity contribution < 1.29 is 0 Å². The zero-order valence-corrected chi connectivity index (χ0v) is 17.6. The molecule has 2 heterocycles. The van der Waals surface area contributed by atoms with Gasteiger partial charge in [0.05, 0.1) is 29.4 Å². The number of fused-ring (bicyclic) bond motifs is 1. The largest absolute Gasteiger partial charge is 0.329 e. The Hall–Kier alpha value is -3.58. The highest BCUT2D eigenvalue weighted by atomic mass is 35.5. The number of aromatic nitrogens is 4. The van der Waals surface area contributed by atoms with Crippen molar-refractivity contribution in [2.24, 2.45) is 0 Å². The first-order valence-corrected chi connectivity index (χ1v) is 10.4. The van der Waals surface area contributed by atoms with Gasteiger partial charge in [-0.05, 0) is 43.2 Å². The van der Waals surface area contributed by atoms with Crippen molar-refractivity contribution in [3.8, 4) is 11.3 Å². The monoisotopic (exact) mass is 429 g/mol. The van der Waals surface area contributed by atoms with E-state index in [0.29, 0.717) is 22.3 Å². The molecule has 0 spiro atoms. The zero-order valence-electron chi connectivity index (χ0n) is 16.9. The minimum absolute atomic E-state index is 0.0377. The van der Waals surface area contributed by atoms with Gasteiger partial charge in [-0.25, -0.2) is 0 Å². The Morgan fingerprint density at radius 1 is 1.13 bits per heavy atom. The maximum Gasteiger partial charge on any atom is 0.229 e. The van der Waals surface area contributed by atoms with Gasteiger partial charge in [-0.2, -0.15) is 4.98 Å². The number of nitrogens with zero attached hydrogens (tertiary/aromatic N) is 5. The second-order valence-corrected chi connectivity index (χ2v) is 8.07. The third-order valence-corrected chi connectivity index (χ3v) is 5.78. The van der Waals surface area contributed by atoms with E-state index in [1.165, 1.54) is 17.4 Å². The fourth-order valence-electron chi connectivity index (χ4n) is 3.68.